The van der Waals surface area contributed by atoms with E-state index in [1.807, 2.05) is 4.72 Å². The number of amides is 4. The molecule has 3 aromatic rings. The number of urea groups is 1. The molecule has 1 aliphatic heterocycles. The molecule has 0 saturated carbocycles. The molecular formula is C20H13ClFN3O5S2. The minimum absolute atomic E-state index is 0.0612. The van der Waals surface area contributed by atoms with Gasteiger partial charge in [-0.2, -0.15) is 0 Å². The molecule has 0 fully saturated rings. The molecule has 0 radical (unpaired) electrons. The summed E-state index contributed by atoms with van der Waals surface area (Å²) < 4.78 is 39.9. The summed E-state index contributed by atoms with van der Waals surface area (Å²) in [4.78, 5) is 38.2. The largest absolute Gasteiger partial charge is 0.333 e. The molecule has 2 heterocycles. The number of anilines is 2. The molecule has 0 unspecified atom stereocenters. The lowest BCUT2D eigenvalue weighted by Gasteiger charge is -2.27. The highest BCUT2D eigenvalue weighted by Gasteiger charge is 2.32. The van der Waals surface area contributed by atoms with Crippen LogP contribution in [0.2, 0.25) is 4.34 Å². The first-order chi connectivity index (χ1) is 15.1. The number of carbonyl (C=O) groups is 3. The number of nitrogens with zero attached hydrogens (tertiary/aromatic N) is 1. The molecule has 12 heteroatoms. The van der Waals surface area contributed by atoms with Crippen LogP contribution in [0.1, 0.15) is 15.9 Å². The summed E-state index contributed by atoms with van der Waals surface area (Å²) in [5.41, 5.74) is 0.988. The van der Waals surface area contributed by atoms with Crippen LogP contribution >= 0.6 is 22.9 Å². The minimum atomic E-state index is -4.09. The first-order valence-corrected chi connectivity index (χ1v) is 11.7. The van der Waals surface area contributed by atoms with Gasteiger partial charge in [0.05, 0.1) is 16.4 Å². The Morgan fingerprint density at radius 2 is 1.78 bits per heavy atom. The van der Waals surface area contributed by atoms with Crippen molar-refractivity contribution < 1.29 is 27.2 Å². The van der Waals surface area contributed by atoms with Gasteiger partial charge in [-0.05, 0) is 54.1 Å². The van der Waals surface area contributed by atoms with Crippen molar-refractivity contribution in [1.82, 2.24) is 4.72 Å². The van der Waals surface area contributed by atoms with Crippen molar-refractivity contribution in [3.63, 3.8) is 0 Å². The van der Waals surface area contributed by atoms with Gasteiger partial charge in [0, 0.05) is 11.3 Å². The number of hydrogen-bond acceptors (Lipinski definition) is 6. The maximum atomic E-state index is 13.5. The number of nitrogens with one attached hydrogen (secondary N) is 2. The van der Waals surface area contributed by atoms with Crippen LogP contribution in [0, 0.1) is 5.82 Å². The van der Waals surface area contributed by atoms with E-state index >= 15 is 0 Å². The van der Waals surface area contributed by atoms with E-state index in [9.17, 15) is 27.2 Å². The van der Waals surface area contributed by atoms with Crippen molar-refractivity contribution in [1.29, 1.82) is 0 Å². The SMILES string of the molecule is O=C(Nc1ccc(N2C(=O)Cc3ccc(F)cc3C2=O)cc1)NS(=O)(=O)c1ccc(Cl)s1. The summed E-state index contributed by atoms with van der Waals surface area (Å²) in [5.74, 6) is -1.72. The van der Waals surface area contributed by atoms with E-state index in [4.69, 9.17) is 11.6 Å². The summed E-state index contributed by atoms with van der Waals surface area (Å²) in [6.07, 6.45) is -0.0612. The molecule has 0 saturated heterocycles. The van der Waals surface area contributed by atoms with Crippen LogP contribution in [-0.2, 0) is 21.2 Å². The summed E-state index contributed by atoms with van der Waals surface area (Å²) in [6, 6.07) is 10.9. The number of carbonyl (C=O) groups excluding carboxylic acids is 3. The fraction of sp³-hybridized carbons (Fsp3) is 0.0500. The molecule has 1 aromatic heterocycles. The Bertz CT molecular complexity index is 1360. The van der Waals surface area contributed by atoms with Gasteiger partial charge in [0.25, 0.3) is 15.9 Å². The topological polar surface area (TPSA) is 113 Å². The van der Waals surface area contributed by atoms with E-state index in [0.717, 1.165) is 22.3 Å². The van der Waals surface area contributed by atoms with Crippen LogP contribution in [0.3, 0.4) is 0 Å². The van der Waals surface area contributed by atoms with Crippen LogP contribution in [0.15, 0.2) is 58.8 Å². The van der Waals surface area contributed by atoms with Crippen LogP contribution in [-0.4, -0.2) is 26.3 Å². The second-order valence-corrected chi connectivity index (χ2v) is 10.3. The smallest absolute Gasteiger partial charge is 0.307 e. The van der Waals surface area contributed by atoms with Crippen LogP contribution in [0.25, 0.3) is 0 Å². The van der Waals surface area contributed by atoms with Gasteiger partial charge in [0.15, 0.2) is 0 Å². The van der Waals surface area contributed by atoms with E-state index in [1.165, 1.54) is 48.5 Å². The third-order valence-corrected chi connectivity index (χ3v) is 7.57. The first-order valence-electron chi connectivity index (χ1n) is 8.99. The molecule has 164 valence electrons. The number of imide groups is 1. The van der Waals surface area contributed by atoms with E-state index in [1.54, 1.807) is 0 Å². The number of benzene rings is 2. The Morgan fingerprint density at radius 3 is 2.44 bits per heavy atom. The molecule has 0 bridgehead atoms. The summed E-state index contributed by atoms with van der Waals surface area (Å²) in [6.45, 7) is 0. The highest BCUT2D eigenvalue weighted by molar-refractivity contribution is 7.92. The summed E-state index contributed by atoms with van der Waals surface area (Å²) in [5, 5.41) is 2.35. The van der Waals surface area contributed by atoms with Crippen molar-refractivity contribution in [3.8, 4) is 0 Å². The Labute approximate surface area is 190 Å². The lowest BCUT2D eigenvalue weighted by atomic mass is 9.97. The monoisotopic (exact) mass is 493 g/mol. The zero-order valence-electron chi connectivity index (χ0n) is 16.0. The van der Waals surface area contributed by atoms with E-state index in [2.05, 4.69) is 5.32 Å². The highest BCUT2D eigenvalue weighted by atomic mass is 35.5. The van der Waals surface area contributed by atoms with Crippen LogP contribution < -0.4 is 14.9 Å². The summed E-state index contributed by atoms with van der Waals surface area (Å²) in [7, 11) is -4.09. The number of rotatable bonds is 4. The number of fused-ring (bicyclic) bond motifs is 1. The number of sulfonamides is 1. The maximum Gasteiger partial charge on any atom is 0.333 e. The van der Waals surface area contributed by atoms with Gasteiger partial charge in [-0.1, -0.05) is 17.7 Å². The number of thiophene rings is 1. The zero-order chi connectivity index (χ0) is 23.0. The Kier molecular flexibility index (Phi) is 5.71. The molecule has 32 heavy (non-hydrogen) atoms. The third kappa shape index (κ3) is 4.35. The average Bonchev–Trinajstić information content (AvgIpc) is 3.17. The van der Waals surface area contributed by atoms with Gasteiger partial charge in [-0.25, -0.2) is 27.2 Å². The van der Waals surface area contributed by atoms with Gasteiger partial charge >= 0.3 is 6.03 Å². The Morgan fingerprint density at radius 1 is 1.06 bits per heavy atom. The van der Waals surface area contributed by atoms with Crippen molar-refractivity contribution in [2.75, 3.05) is 10.2 Å². The van der Waals surface area contributed by atoms with Crippen molar-refractivity contribution in [2.45, 2.75) is 10.6 Å². The van der Waals surface area contributed by atoms with Gasteiger partial charge < -0.3 is 5.32 Å². The third-order valence-electron chi connectivity index (χ3n) is 4.52. The molecule has 8 nitrogen and oxygen atoms in total. The Balaban J connectivity index is 1.48. The van der Waals surface area contributed by atoms with Gasteiger partial charge in [-0.15, -0.1) is 11.3 Å². The number of hydrogen-bond donors (Lipinski definition) is 2. The van der Waals surface area contributed by atoms with Gasteiger partial charge in [0.2, 0.25) is 5.91 Å². The molecule has 0 atom stereocenters. The first kappa shape index (κ1) is 21.9. The highest BCUT2D eigenvalue weighted by Crippen LogP contribution is 2.28. The number of halogens is 2. The molecule has 0 aliphatic carbocycles. The molecular weight excluding hydrogens is 481 g/mol. The van der Waals surface area contributed by atoms with Crippen molar-refractivity contribution in [3.05, 3.63) is 75.9 Å². The predicted octanol–water partition coefficient (Wildman–Crippen LogP) is 3.78. The lowest BCUT2D eigenvalue weighted by Crippen LogP contribution is -2.42. The molecule has 4 rings (SSSR count). The van der Waals surface area contributed by atoms with Crippen LogP contribution in [0.5, 0.6) is 0 Å². The lowest BCUT2D eigenvalue weighted by molar-refractivity contribution is -0.117. The zero-order valence-corrected chi connectivity index (χ0v) is 18.4. The second kappa shape index (κ2) is 8.34. The maximum absolute atomic E-state index is 13.5. The Hall–Kier alpha value is -3.28. The van der Waals surface area contributed by atoms with Crippen molar-refractivity contribution in [2.24, 2.45) is 0 Å². The molecule has 4 amide bonds. The van der Waals surface area contributed by atoms with Gasteiger partial charge in [-0.3, -0.25) is 9.59 Å². The average molecular weight is 494 g/mol. The molecule has 2 N–H and O–H groups in total. The fourth-order valence-corrected chi connectivity index (χ4v) is 5.49. The van der Waals surface area contributed by atoms with E-state index in [-0.39, 0.29) is 31.9 Å². The molecule has 0 spiro atoms. The fourth-order valence-electron chi connectivity index (χ4n) is 3.10. The standard InChI is InChI=1S/C20H13ClFN3O5S2/c21-16-7-8-18(31-16)32(29,30)24-20(28)23-13-3-5-14(6-4-13)25-17(26)9-11-1-2-12(22)10-15(11)19(25)27/h1-8,10H,9H2,(H2,23,24,28). The minimum Gasteiger partial charge on any atom is -0.307 e. The van der Waals surface area contributed by atoms with E-state index in [0.29, 0.717) is 5.56 Å². The second-order valence-electron chi connectivity index (χ2n) is 6.68. The quantitative estimate of drug-likeness (QED) is 0.537. The van der Waals surface area contributed by atoms with Crippen molar-refractivity contribution >= 4 is 62.2 Å². The normalized spacial score (nSPS) is 13.6. The molecule has 2 aromatic carbocycles. The molecule has 1 aliphatic rings. The van der Waals surface area contributed by atoms with E-state index < -0.39 is 33.7 Å². The van der Waals surface area contributed by atoms with Crippen LogP contribution in [0.4, 0.5) is 20.6 Å². The predicted molar refractivity (Wildman–Crippen MR) is 117 cm³/mol. The summed E-state index contributed by atoms with van der Waals surface area (Å²) >= 11 is 6.52. The van der Waals surface area contributed by atoms with Gasteiger partial charge in [0.1, 0.15) is 10.0 Å².